The fraction of sp³-hybridized carbons (Fsp3) is 0.667. The van der Waals surface area contributed by atoms with Gasteiger partial charge in [-0.3, -0.25) is 4.79 Å². The molecule has 18 heavy (non-hydrogen) atoms. The standard InChI is InChI=1S/C12H16N4O2/c13-7-11(9-5-6-9)18-12(17)4-2-1-3-10-8-14-16-15-10/h8-9,11H,1-6H2,(H,14,15,16)/t11-/m0/s1. The van der Waals surface area contributed by atoms with Crippen molar-refractivity contribution < 1.29 is 9.53 Å². The van der Waals surface area contributed by atoms with Gasteiger partial charge in [-0.2, -0.15) is 20.7 Å². The van der Waals surface area contributed by atoms with Crippen LogP contribution in [0.1, 0.15) is 37.8 Å². The van der Waals surface area contributed by atoms with Gasteiger partial charge in [-0.1, -0.05) is 0 Å². The molecule has 0 amide bonds. The summed E-state index contributed by atoms with van der Waals surface area (Å²) < 4.78 is 5.13. The maximum Gasteiger partial charge on any atom is 0.307 e. The van der Waals surface area contributed by atoms with Gasteiger partial charge >= 0.3 is 5.97 Å². The largest absolute Gasteiger partial charge is 0.447 e. The molecular weight excluding hydrogens is 232 g/mol. The molecule has 0 aliphatic heterocycles. The Morgan fingerprint density at radius 1 is 1.61 bits per heavy atom. The van der Waals surface area contributed by atoms with Crippen molar-refractivity contribution in [3.8, 4) is 6.07 Å². The number of ether oxygens (including phenoxy) is 1. The summed E-state index contributed by atoms with van der Waals surface area (Å²) in [5, 5.41) is 19.0. The number of nitrogens with one attached hydrogen (secondary N) is 1. The SMILES string of the molecule is N#C[C@H](OC(=O)CCCCc1cn[nH]n1)C1CC1. The summed E-state index contributed by atoms with van der Waals surface area (Å²) in [5.74, 6) is 0.00248. The number of nitriles is 1. The van der Waals surface area contributed by atoms with Gasteiger partial charge in [-0.15, -0.1) is 0 Å². The van der Waals surface area contributed by atoms with Gasteiger partial charge in [0.1, 0.15) is 6.07 Å². The first-order valence-electron chi connectivity index (χ1n) is 6.23. The highest BCUT2D eigenvalue weighted by atomic mass is 16.5. The molecule has 0 aromatic carbocycles. The van der Waals surface area contributed by atoms with Crippen molar-refractivity contribution in [3.63, 3.8) is 0 Å². The van der Waals surface area contributed by atoms with Crippen LogP contribution in [0.3, 0.4) is 0 Å². The number of carbonyl (C=O) groups excluding carboxylic acids is 1. The van der Waals surface area contributed by atoms with Crippen LogP contribution >= 0.6 is 0 Å². The van der Waals surface area contributed by atoms with Gasteiger partial charge < -0.3 is 4.74 Å². The normalized spacial score (nSPS) is 15.9. The summed E-state index contributed by atoms with van der Waals surface area (Å²) in [5.41, 5.74) is 0.899. The van der Waals surface area contributed by atoms with Crippen LogP contribution in [0.2, 0.25) is 0 Å². The molecule has 1 saturated carbocycles. The number of aryl methyl sites for hydroxylation is 1. The number of esters is 1. The van der Waals surface area contributed by atoms with E-state index in [1.807, 2.05) is 6.07 Å². The van der Waals surface area contributed by atoms with Crippen LogP contribution in [0.4, 0.5) is 0 Å². The van der Waals surface area contributed by atoms with E-state index in [4.69, 9.17) is 10.00 Å². The van der Waals surface area contributed by atoms with Gasteiger partial charge in [0.2, 0.25) is 0 Å². The van der Waals surface area contributed by atoms with E-state index in [0.29, 0.717) is 6.42 Å². The van der Waals surface area contributed by atoms with Gasteiger partial charge in [0.15, 0.2) is 6.10 Å². The first-order chi connectivity index (χ1) is 8.79. The fourth-order valence-corrected chi connectivity index (χ4v) is 1.75. The Kier molecular flexibility index (Phi) is 4.29. The lowest BCUT2D eigenvalue weighted by atomic mass is 10.1. The Morgan fingerprint density at radius 3 is 3.06 bits per heavy atom. The van der Waals surface area contributed by atoms with Crippen LogP contribution in [0.5, 0.6) is 0 Å². The number of nitrogens with zero attached hydrogens (tertiary/aromatic N) is 3. The van der Waals surface area contributed by atoms with Crippen molar-refractivity contribution in [2.75, 3.05) is 0 Å². The molecule has 2 rings (SSSR count). The molecule has 1 aromatic heterocycles. The van der Waals surface area contributed by atoms with Gasteiger partial charge in [0, 0.05) is 12.3 Å². The van der Waals surface area contributed by atoms with Gasteiger partial charge in [-0.25, -0.2) is 0 Å². The van der Waals surface area contributed by atoms with Crippen LogP contribution in [0.25, 0.3) is 0 Å². The Bertz CT molecular complexity index is 420. The second-order valence-electron chi connectivity index (χ2n) is 4.55. The van der Waals surface area contributed by atoms with E-state index in [9.17, 15) is 4.79 Å². The third kappa shape index (κ3) is 3.84. The number of unbranched alkanes of at least 4 members (excludes halogenated alkanes) is 1. The number of aromatic nitrogens is 3. The summed E-state index contributed by atoms with van der Waals surface area (Å²) in [7, 11) is 0. The number of carbonyl (C=O) groups is 1. The van der Waals surface area contributed by atoms with Gasteiger partial charge in [0.25, 0.3) is 0 Å². The van der Waals surface area contributed by atoms with Crippen LogP contribution in [-0.4, -0.2) is 27.5 Å². The van der Waals surface area contributed by atoms with E-state index < -0.39 is 6.10 Å². The molecular formula is C12H16N4O2. The van der Waals surface area contributed by atoms with E-state index in [2.05, 4.69) is 15.4 Å². The van der Waals surface area contributed by atoms with Gasteiger partial charge in [0.05, 0.1) is 11.9 Å². The van der Waals surface area contributed by atoms with Crippen LogP contribution < -0.4 is 0 Å². The van der Waals surface area contributed by atoms with Crippen molar-refractivity contribution in [1.82, 2.24) is 15.4 Å². The molecule has 0 radical (unpaired) electrons. The minimum Gasteiger partial charge on any atom is -0.447 e. The van der Waals surface area contributed by atoms with Crippen molar-refractivity contribution in [2.24, 2.45) is 5.92 Å². The van der Waals surface area contributed by atoms with Gasteiger partial charge in [-0.05, 0) is 32.1 Å². The van der Waals surface area contributed by atoms with E-state index in [0.717, 1.165) is 37.8 Å². The number of H-pyrrole nitrogens is 1. The van der Waals surface area contributed by atoms with Crippen LogP contribution in [-0.2, 0) is 16.0 Å². The zero-order valence-corrected chi connectivity index (χ0v) is 10.1. The Hall–Kier alpha value is -1.90. The Labute approximate surface area is 105 Å². The maximum absolute atomic E-state index is 11.5. The highest BCUT2D eigenvalue weighted by molar-refractivity contribution is 5.69. The molecule has 0 spiro atoms. The molecule has 96 valence electrons. The van der Waals surface area contributed by atoms with E-state index in [1.165, 1.54) is 0 Å². The Morgan fingerprint density at radius 2 is 2.44 bits per heavy atom. The topological polar surface area (TPSA) is 91.7 Å². The zero-order chi connectivity index (χ0) is 12.8. The first kappa shape index (κ1) is 12.6. The molecule has 1 aromatic rings. The number of hydrogen-bond acceptors (Lipinski definition) is 5. The minimum absolute atomic E-state index is 0.270. The summed E-state index contributed by atoms with van der Waals surface area (Å²) >= 11 is 0. The van der Waals surface area contributed by atoms with Crippen molar-refractivity contribution in [2.45, 2.75) is 44.6 Å². The molecule has 6 nitrogen and oxygen atoms in total. The third-order valence-corrected chi connectivity index (χ3v) is 2.96. The molecule has 0 saturated heterocycles. The van der Waals surface area contributed by atoms with Crippen LogP contribution in [0, 0.1) is 17.2 Å². The van der Waals surface area contributed by atoms with Crippen molar-refractivity contribution >= 4 is 5.97 Å². The molecule has 1 atom stereocenters. The smallest absolute Gasteiger partial charge is 0.307 e. The molecule has 0 unspecified atom stereocenters. The number of rotatable bonds is 7. The first-order valence-corrected chi connectivity index (χ1v) is 6.23. The van der Waals surface area contributed by atoms with E-state index in [1.54, 1.807) is 6.20 Å². The second kappa shape index (κ2) is 6.15. The lowest BCUT2D eigenvalue weighted by molar-refractivity contribution is -0.147. The van der Waals surface area contributed by atoms with Crippen molar-refractivity contribution in [1.29, 1.82) is 5.26 Å². The Balaban J connectivity index is 1.58. The summed E-state index contributed by atoms with van der Waals surface area (Å²) in [6.45, 7) is 0. The lowest BCUT2D eigenvalue weighted by Gasteiger charge is -2.09. The second-order valence-corrected chi connectivity index (χ2v) is 4.55. The monoisotopic (exact) mass is 248 g/mol. The molecule has 1 fully saturated rings. The zero-order valence-electron chi connectivity index (χ0n) is 10.1. The van der Waals surface area contributed by atoms with Crippen molar-refractivity contribution in [3.05, 3.63) is 11.9 Å². The predicted molar refractivity (Wildman–Crippen MR) is 62.2 cm³/mol. The van der Waals surface area contributed by atoms with E-state index >= 15 is 0 Å². The van der Waals surface area contributed by atoms with Crippen LogP contribution in [0.15, 0.2) is 6.20 Å². The highest BCUT2D eigenvalue weighted by Gasteiger charge is 2.33. The highest BCUT2D eigenvalue weighted by Crippen LogP contribution is 2.34. The average molecular weight is 248 g/mol. The minimum atomic E-state index is -0.534. The number of aromatic amines is 1. The predicted octanol–water partition coefficient (Wildman–Crippen LogP) is 1.36. The third-order valence-electron chi connectivity index (χ3n) is 2.96. The van der Waals surface area contributed by atoms with E-state index in [-0.39, 0.29) is 11.9 Å². The summed E-state index contributed by atoms with van der Waals surface area (Å²) in [4.78, 5) is 11.5. The molecule has 1 N–H and O–H groups in total. The fourth-order valence-electron chi connectivity index (χ4n) is 1.75. The summed E-state index contributed by atoms with van der Waals surface area (Å²) in [6.07, 6.45) is 5.91. The maximum atomic E-state index is 11.5. The molecule has 1 aliphatic carbocycles. The lowest BCUT2D eigenvalue weighted by Crippen LogP contribution is -2.18. The molecule has 0 bridgehead atoms. The molecule has 6 heteroatoms. The number of hydrogen-bond donors (Lipinski definition) is 1. The quantitative estimate of drug-likeness (QED) is 0.581. The summed E-state index contributed by atoms with van der Waals surface area (Å²) in [6, 6.07) is 2.04. The molecule has 1 aliphatic rings. The molecule has 1 heterocycles. The average Bonchev–Trinajstić information content (AvgIpc) is 3.08.